The van der Waals surface area contributed by atoms with Crippen LogP contribution in [-0.2, 0) is 26.1 Å². The number of nitro benzene ring substituents is 1. The van der Waals surface area contributed by atoms with Crippen LogP contribution < -0.4 is 3.07 Å². The van der Waals surface area contributed by atoms with Crippen LogP contribution in [0.5, 0.6) is 5.75 Å². The van der Waals surface area contributed by atoms with Crippen LogP contribution in [0.15, 0.2) is 18.2 Å². The van der Waals surface area contributed by atoms with Crippen molar-refractivity contribution in [1.29, 1.82) is 0 Å². The Hall–Kier alpha value is -0.645. The number of hydrogen-bond donors (Lipinski definition) is 1. The summed E-state index contributed by atoms with van der Waals surface area (Å²) in [5.41, 5.74) is 0.0355. The van der Waals surface area contributed by atoms with Gasteiger partial charge in [0.1, 0.15) is 0 Å². The Kier molecular flexibility index (Phi) is 2.43. The molecule has 4 nitrogen and oxygen atoms in total. The molecular formula is C6H4HgNO3. The summed E-state index contributed by atoms with van der Waals surface area (Å²) in [5.74, 6) is 0.0440. The Morgan fingerprint density at radius 3 is 2.64 bits per heavy atom. The zero-order valence-electron chi connectivity index (χ0n) is 5.65. The second kappa shape index (κ2) is 3.17. The van der Waals surface area contributed by atoms with Crippen LogP contribution in [0.4, 0.5) is 5.69 Å². The first-order chi connectivity index (χ1) is 5.13. The third-order valence-corrected chi connectivity index (χ3v) is 4.14. The number of hydrogen-bond acceptors (Lipinski definition) is 3. The molecule has 11 heavy (non-hydrogen) atoms. The summed E-state index contributed by atoms with van der Waals surface area (Å²) in [4.78, 5) is 9.83. The molecular weight excluding hydrogens is 335 g/mol. The molecule has 0 atom stereocenters. The molecule has 0 bridgehead atoms. The van der Waals surface area contributed by atoms with Gasteiger partial charge in [-0.2, -0.15) is 0 Å². The molecule has 0 heterocycles. The fraction of sp³-hybridized carbons (Fsp3) is 0. The van der Waals surface area contributed by atoms with Gasteiger partial charge in [0.15, 0.2) is 0 Å². The molecule has 5 heteroatoms. The maximum atomic E-state index is 10.3. The number of aromatic hydroxyl groups is 1. The van der Waals surface area contributed by atoms with Crippen molar-refractivity contribution in [1.82, 2.24) is 0 Å². The van der Waals surface area contributed by atoms with Crippen LogP contribution in [0.2, 0.25) is 0 Å². The number of nitro groups is 1. The number of phenolic OH excluding ortho intramolecular Hbond substituents is 1. The fourth-order valence-electron chi connectivity index (χ4n) is 0.734. The minimum atomic E-state index is -0.470. The van der Waals surface area contributed by atoms with E-state index in [2.05, 4.69) is 0 Å². The molecule has 0 saturated heterocycles. The van der Waals surface area contributed by atoms with Crippen LogP contribution in [0, 0.1) is 10.1 Å². The van der Waals surface area contributed by atoms with E-state index < -0.39 is 4.92 Å². The van der Waals surface area contributed by atoms with E-state index in [1.54, 1.807) is 0 Å². The summed E-state index contributed by atoms with van der Waals surface area (Å²) >= 11 is 0.0746. The molecule has 0 aliphatic carbocycles. The summed E-state index contributed by atoms with van der Waals surface area (Å²) in [5, 5.41) is 19.4. The zero-order chi connectivity index (χ0) is 8.43. The number of rotatable bonds is 1. The molecule has 0 saturated carbocycles. The Balaban J connectivity index is 3.27. The fourth-order valence-corrected chi connectivity index (χ4v) is 2.15. The number of benzene rings is 1. The van der Waals surface area contributed by atoms with Crippen molar-refractivity contribution in [3.63, 3.8) is 0 Å². The van der Waals surface area contributed by atoms with E-state index in [0.717, 1.165) is 0 Å². The first-order valence-electron chi connectivity index (χ1n) is 2.91. The molecule has 1 aromatic carbocycles. The van der Waals surface area contributed by atoms with Gasteiger partial charge in [-0.15, -0.1) is 0 Å². The first-order valence-corrected chi connectivity index (χ1v) is 5.66. The van der Waals surface area contributed by atoms with Gasteiger partial charge >= 0.3 is 79.0 Å². The van der Waals surface area contributed by atoms with E-state index in [1.807, 2.05) is 0 Å². The third kappa shape index (κ3) is 1.68. The predicted molar refractivity (Wildman–Crippen MR) is 34.4 cm³/mol. The van der Waals surface area contributed by atoms with Gasteiger partial charge in [0.2, 0.25) is 0 Å². The Morgan fingerprint density at radius 1 is 1.55 bits per heavy atom. The molecule has 0 aliphatic heterocycles. The van der Waals surface area contributed by atoms with E-state index >= 15 is 0 Å². The average molecular weight is 339 g/mol. The van der Waals surface area contributed by atoms with E-state index in [-0.39, 0.29) is 37.6 Å². The summed E-state index contributed by atoms with van der Waals surface area (Å²) < 4.78 is 0.498. The quantitative estimate of drug-likeness (QED) is 0.460. The summed E-state index contributed by atoms with van der Waals surface area (Å²) in [6.07, 6.45) is 0. The second-order valence-corrected chi connectivity index (χ2v) is 4.78. The van der Waals surface area contributed by atoms with E-state index in [1.165, 1.54) is 18.2 Å². The molecule has 0 amide bonds. The van der Waals surface area contributed by atoms with Crippen molar-refractivity contribution in [3.8, 4) is 5.75 Å². The van der Waals surface area contributed by atoms with Crippen molar-refractivity contribution in [2.24, 2.45) is 0 Å². The zero-order valence-corrected chi connectivity index (χ0v) is 11.1. The van der Waals surface area contributed by atoms with Crippen molar-refractivity contribution >= 4 is 8.76 Å². The topological polar surface area (TPSA) is 63.4 Å². The Morgan fingerprint density at radius 2 is 2.18 bits per heavy atom. The van der Waals surface area contributed by atoms with E-state index in [9.17, 15) is 10.1 Å². The Labute approximate surface area is 79.0 Å². The normalized spacial score (nSPS) is 9.64. The number of phenols is 1. The van der Waals surface area contributed by atoms with Gasteiger partial charge in [0, 0.05) is 0 Å². The summed E-state index contributed by atoms with van der Waals surface area (Å²) in [7, 11) is 0. The molecule has 1 rings (SSSR count). The van der Waals surface area contributed by atoms with Crippen LogP contribution in [-0.4, -0.2) is 10.0 Å². The van der Waals surface area contributed by atoms with Gasteiger partial charge in [-0.1, -0.05) is 0 Å². The van der Waals surface area contributed by atoms with Gasteiger partial charge in [-0.3, -0.25) is 0 Å². The standard InChI is InChI=1S/C6H4NO3.Hg/c8-6-3-1-2-5(4-6)7(9)10;/h1-3,8H;. The minimum absolute atomic E-state index is 0.0355. The van der Waals surface area contributed by atoms with Gasteiger partial charge in [0.25, 0.3) is 0 Å². The third-order valence-electron chi connectivity index (χ3n) is 1.32. The second-order valence-electron chi connectivity index (χ2n) is 2.03. The molecule has 0 unspecified atom stereocenters. The van der Waals surface area contributed by atoms with Crippen molar-refractivity contribution in [3.05, 3.63) is 28.3 Å². The SMILES string of the molecule is O=[N+]([O-])c1cccc(O)[c]1[Hg]. The monoisotopic (exact) mass is 340 g/mol. The van der Waals surface area contributed by atoms with Gasteiger partial charge in [-0.05, 0) is 0 Å². The van der Waals surface area contributed by atoms with Crippen LogP contribution in [0.3, 0.4) is 0 Å². The predicted octanol–water partition coefficient (Wildman–Crippen LogP) is 0.472. The number of nitrogens with zero attached hydrogens (tertiary/aromatic N) is 1. The van der Waals surface area contributed by atoms with Crippen LogP contribution >= 0.6 is 0 Å². The first kappa shape index (κ1) is 8.45. The summed E-state index contributed by atoms with van der Waals surface area (Å²) in [6, 6.07) is 4.35. The molecule has 0 radical (unpaired) electrons. The molecule has 53 valence electrons. The summed E-state index contributed by atoms with van der Waals surface area (Å²) in [6.45, 7) is 0. The van der Waals surface area contributed by atoms with E-state index in [4.69, 9.17) is 5.11 Å². The van der Waals surface area contributed by atoms with Gasteiger partial charge in [0.05, 0.1) is 0 Å². The van der Waals surface area contributed by atoms with Crippen LogP contribution in [0.25, 0.3) is 0 Å². The van der Waals surface area contributed by atoms with Crippen LogP contribution in [0.1, 0.15) is 0 Å². The van der Waals surface area contributed by atoms with Gasteiger partial charge in [-0.25, -0.2) is 0 Å². The Bertz CT molecular complexity index is 300. The van der Waals surface area contributed by atoms with Crippen molar-refractivity contribution < 1.29 is 36.2 Å². The molecule has 1 aromatic rings. The average Bonchev–Trinajstić information content (AvgIpc) is 1.94. The molecule has 0 fully saturated rings. The van der Waals surface area contributed by atoms with Gasteiger partial charge < -0.3 is 0 Å². The van der Waals surface area contributed by atoms with Crippen molar-refractivity contribution in [2.75, 3.05) is 0 Å². The van der Waals surface area contributed by atoms with Crippen molar-refractivity contribution in [2.45, 2.75) is 0 Å². The molecule has 0 aromatic heterocycles. The molecule has 1 N–H and O–H groups in total. The maximum absolute atomic E-state index is 10.3. The van der Waals surface area contributed by atoms with E-state index in [0.29, 0.717) is 3.07 Å². The molecule has 0 aliphatic rings. The molecule has 0 spiro atoms.